The average molecular weight is 403 g/mol. The van der Waals surface area contributed by atoms with Gasteiger partial charge in [0.1, 0.15) is 11.4 Å². The number of amides is 1. The van der Waals surface area contributed by atoms with Gasteiger partial charge in [0.25, 0.3) is 0 Å². The van der Waals surface area contributed by atoms with Gasteiger partial charge in [-0.25, -0.2) is 9.97 Å². The Hall–Kier alpha value is -3.28. The van der Waals surface area contributed by atoms with Gasteiger partial charge < -0.3 is 19.4 Å². The minimum absolute atomic E-state index is 0.182. The molecule has 1 amide bonds. The van der Waals surface area contributed by atoms with Crippen LogP contribution in [0.2, 0.25) is 0 Å². The zero-order chi connectivity index (χ0) is 20.9. The van der Waals surface area contributed by atoms with Gasteiger partial charge in [0.2, 0.25) is 5.91 Å². The van der Waals surface area contributed by atoms with E-state index in [2.05, 4.69) is 16.4 Å². The van der Waals surface area contributed by atoms with E-state index in [1.165, 1.54) is 6.92 Å². The highest BCUT2D eigenvalue weighted by molar-refractivity contribution is 5.98. The van der Waals surface area contributed by atoms with E-state index in [1.54, 1.807) is 6.20 Å². The van der Waals surface area contributed by atoms with Crippen LogP contribution >= 0.6 is 0 Å². The molecule has 0 aliphatic carbocycles. The summed E-state index contributed by atoms with van der Waals surface area (Å²) in [6.45, 7) is 3.08. The van der Waals surface area contributed by atoms with Crippen molar-refractivity contribution in [2.24, 2.45) is 7.05 Å². The Labute approximate surface area is 173 Å². The van der Waals surface area contributed by atoms with Gasteiger partial charge in [-0.15, -0.1) is 0 Å². The number of pyridine rings is 2. The number of carbonyl (C=O) groups is 1. The van der Waals surface area contributed by atoms with E-state index >= 15 is 0 Å². The maximum atomic E-state index is 11.5. The first-order valence-corrected chi connectivity index (χ1v) is 9.90. The van der Waals surface area contributed by atoms with Gasteiger partial charge in [-0.05, 0) is 24.1 Å². The fourth-order valence-electron chi connectivity index (χ4n) is 4.43. The van der Waals surface area contributed by atoms with Crippen LogP contribution in [0.25, 0.3) is 22.2 Å². The Balaban J connectivity index is 1.72. The van der Waals surface area contributed by atoms with Crippen molar-refractivity contribution in [1.82, 2.24) is 14.5 Å². The third-order valence-electron chi connectivity index (χ3n) is 5.85. The first-order valence-electron chi connectivity index (χ1n) is 9.90. The summed E-state index contributed by atoms with van der Waals surface area (Å²) in [6.07, 6.45) is 5.09. The minimum Gasteiger partial charge on any atom is -0.378 e. The van der Waals surface area contributed by atoms with E-state index in [1.807, 2.05) is 29.9 Å². The molecule has 30 heavy (non-hydrogen) atoms. The molecular formula is C22H21N5O3. The molecule has 1 unspecified atom stereocenters. The number of nitrogens with one attached hydrogen (secondary N) is 1. The number of anilines is 1. The molecule has 1 fully saturated rings. The molecule has 0 bridgehead atoms. The van der Waals surface area contributed by atoms with Crippen LogP contribution in [-0.4, -0.2) is 40.3 Å². The Morgan fingerprint density at radius 1 is 1.37 bits per heavy atom. The van der Waals surface area contributed by atoms with Crippen molar-refractivity contribution in [2.45, 2.75) is 25.4 Å². The molecule has 1 spiro atoms. The van der Waals surface area contributed by atoms with E-state index in [0.29, 0.717) is 43.3 Å². The van der Waals surface area contributed by atoms with E-state index in [9.17, 15) is 10.1 Å². The van der Waals surface area contributed by atoms with Gasteiger partial charge in [-0.2, -0.15) is 5.26 Å². The maximum absolute atomic E-state index is 11.5. The largest absolute Gasteiger partial charge is 0.378 e. The van der Waals surface area contributed by atoms with Crippen LogP contribution in [0.1, 0.15) is 30.2 Å². The lowest BCUT2D eigenvalue weighted by molar-refractivity contribution is -0.114. The Kier molecular flexibility index (Phi) is 4.31. The number of nitrogens with zero attached hydrogens (tertiary/aromatic N) is 4. The highest BCUT2D eigenvalue weighted by Gasteiger charge is 2.44. The van der Waals surface area contributed by atoms with Gasteiger partial charge >= 0.3 is 0 Å². The zero-order valence-electron chi connectivity index (χ0n) is 16.9. The molecule has 0 aromatic carbocycles. The Bertz CT molecular complexity index is 1220. The summed E-state index contributed by atoms with van der Waals surface area (Å²) in [6, 6.07) is 6.04. The molecule has 8 heteroatoms. The predicted octanol–water partition coefficient (Wildman–Crippen LogP) is 2.65. The van der Waals surface area contributed by atoms with Gasteiger partial charge in [0.15, 0.2) is 0 Å². The van der Waals surface area contributed by atoms with Crippen molar-refractivity contribution >= 4 is 22.6 Å². The molecule has 2 aliphatic heterocycles. The van der Waals surface area contributed by atoms with E-state index in [4.69, 9.17) is 14.5 Å². The summed E-state index contributed by atoms with van der Waals surface area (Å²) in [5.41, 5.74) is 4.30. The van der Waals surface area contributed by atoms with Gasteiger partial charge in [0, 0.05) is 44.1 Å². The molecule has 5 rings (SSSR count). The highest BCUT2D eigenvalue weighted by atomic mass is 16.6. The molecular weight excluding hydrogens is 382 g/mol. The standard InChI is InChI=1S/C22H21N5O3/c1-13(28)25-20-8-16-17(11-27(2)19(16)10-24-20)18-7-14(9-23)15-3-5-30-22(21(15)26-18)4-6-29-12-22/h7-8,10-11H,3-6,12H2,1-2H3,(H,24,25,28). The molecule has 8 nitrogen and oxygen atoms in total. The van der Waals surface area contributed by atoms with Crippen molar-refractivity contribution in [1.29, 1.82) is 5.26 Å². The topological polar surface area (TPSA) is 102 Å². The monoisotopic (exact) mass is 403 g/mol. The lowest BCUT2D eigenvalue weighted by Gasteiger charge is -2.34. The number of aryl methyl sites for hydroxylation is 1. The van der Waals surface area contributed by atoms with E-state index in [-0.39, 0.29) is 5.91 Å². The van der Waals surface area contributed by atoms with Crippen LogP contribution in [0.15, 0.2) is 24.5 Å². The van der Waals surface area contributed by atoms with Gasteiger partial charge in [-0.1, -0.05) is 0 Å². The summed E-state index contributed by atoms with van der Waals surface area (Å²) in [5.74, 6) is 0.295. The van der Waals surface area contributed by atoms with Crippen LogP contribution in [0.5, 0.6) is 0 Å². The minimum atomic E-state index is -0.581. The molecule has 3 aromatic rings. The van der Waals surface area contributed by atoms with Crippen molar-refractivity contribution in [3.05, 3.63) is 41.3 Å². The van der Waals surface area contributed by atoms with Crippen molar-refractivity contribution in [3.8, 4) is 17.3 Å². The quantitative estimate of drug-likeness (QED) is 0.706. The molecule has 0 radical (unpaired) electrons. The van der Waals surface area contributed by atoms with E-state index in [0.717, 1.165) is 34.1 Å². The van der Waals surface area contributed by atoms with Crippen molar-refractivity contribution in [2.75, 3.05) is 25.1 Å². The van der Waals surface area contributed by atoms with Crippen LogP contribution in [-0.2, 0) is 33.3 Å². The molecule has 1 saturated heterocycles. The predicted molar refractivity (Wildman–Crippen MR) is 110 cm³/mol. The number of hydrogen-bond donors (Lipinski definition) is 1. The second kappa shape index (κ2) is 6.90. The SMILES string of the molecule is CC(=O)Nc1cc2c(-c3cc(C#N)c4c(n3)C3(CCOC3)OCC4)cn(C)c2cn1. The smallest absolute Gasteiger partial charge is 0.222 e. The Morgan fingerprint density at radius 3 is 2.97 bits per heavy atom. The molecule has 2 aliphatic rings. The lowest BCUT2D eigenvalue weighted by atomic mass is 9.87. The summed E-state index contributed by atoms with van der Waals surface area (Å²) < 4.78 is 13.7. The second-order valence-electron chi connectivity index (χ2n) is 7.81. The van der Waals surface area contributed by atoms with E-state index < -0.39 is 5.60 Å². The van der Waals surface area contributed by atoms with Gasteiger partial charge in [0.05, 0.1) is 47.9 Å². The number of aromatic nitrogens is 3. The molecule has 3 aromatic heterocycles. The van der Waals surface area contributed by atoms with Crippen LogP contribution in [0, 0.1) is 11.3 Å². The van der Waals surface area contributed by atoms with Gasteiger partial charge in [-0.3, -0.25) is 4.79 Å². The van der Waals surface area contributed by atoms with Crippen molar-refractivity contribution < 1.29 is 14.3 Å². The summed E-state index contributed by atoms with van der Waals surface area (Å²) in [5, 5.41) is 13.5. The third kappa shape index (κ3) is 2.86. The number of rotatable bonds is 2. The number of fused-ring (bicyclic) bond motifs is 3. The Morgan fingerprint density at radius 2 is 2.23 bits per heavy atom. The lowest BCUT2D eigenvalue weighted by Crippen LogP contribution is -2.37. The molecule has 0 saturated carbocycles. The second-order valence-corrected chi connectivity index (χ2v) is 7.81. The normalized spacial score (nSPS) is 20.3. The summed E-state index contributed by atoms with van der Waals surface area (Å²) in [4.78, 5) is 20.8. The zero-order valence-corrected chi connectivity index (χ0v) is 16.9. The summed E-state index contributed by atoms with van der Waals surface area (Å²) >= 11 is 0. The summed E-state index contributed by atoms with van der Waals surface area (Å²) in [7, 11) is 1.94. The van der Waals surface area contributed by atoms with Crippen LogP contribution in [0.4, 0.5) is 5.82 Å². The number of ether oxygens (including phenoxy) is 2. The molecule has 152 valence electrons. The maximum Gasteiger partial charge on any atom is 0.222 e. The highest BCUT2D eigenvalue weighted by Crippen LogP contribution is 2.41. The third-order valence-corrected chi connectivity index (χ3v) is 5.85. The average Bonchev–Trinajstić information content (AvgIpc) is 3.32. The first-order chi connectivity index (χ1) is 14.5. The molecule has 1 atom stereocenters. The molecule has 1 N–H and O–H groups in total. The first kappa shape index (κ1) is 18.7. The fraction of sp³-hybridized carbons (Fsp3) is 0.364. The number of nitriles is 1. The number of carbonyl (C=O) groups excluding carboxylic acids is 1. The van der Waals surface area contributed by atoms with Crippen LogP contribution in [0.3, 0.4) is 0 Å². The van der Waals surface area contributed by atoms with Crippen molar-refractivity contribution in [3.63, 3.8) is 0 Å². The fourth-order valence-corrected chi connectivity index (χ4v) is 4.43. The molecule has 5 heterocycles. The van der Waals surface area contributed by atoms with Crippen LogP contribution < -0.4 is 5.32 Å². The number of hydrogen-bond acceptors (Lipinski definition) is 6.